The maximum Gasteiger partial charge on any atom is 0.127 e. The summed E-state index contributed by atoms with van der Waals surface area (Å²) < 4.78 is 2.07. The minimum Gasteiger partial charge on any atom is -0.371 e. The van der Waals surface area contributed by atoms with E-state index >= 15 is 0 Å². The first kappa shape index (κ1) is 20.3. The summed E-state index contributed by atoms with van der Waals surface area (Å²) in [4.78, 5) is 11.3. The molecule has 0 bridgehead atoms. The highest BCUT2D eigenvalue weighted by molar-refractivity contribution is 5.93. The highest BCUT2D eigenvalue weighted by Gasteiger charge is 2.27. The summed E-state index contributed by atoms with van der Waals surface area (Å²) in [5.41, 5.74) is 6.23. The Morgan fingerprint density at radius 2 is 1.87 bits per heavy atom. The van der Waals surface area contributed by atoms with Crippen LogP contribution in [0.5, 0.6) is 0 Å². The molecule has 156 valence electrons. The number of rotatable bonds is 6. The number of hydrogen-bond donors (Lipinski definition) is 0. The van der Waals surface area contributed by atoms with E-state index in [4.69, 9.17) is 5.10 Å². The Kier molecular flexibility index (Phi) is 5.46. The van der Waals surface area contributed by atoms with Gasteiger partial charge in [-0.25, -0.2) is 9.97 Å². The highest BCUT2D eigenvalue weighted by Crippen LogP contribution is 2.31. The van der Waals surface area contributed by atoms with Gasteiger partial charge in [0.2, 0.25) is 0 Å². The standard InChI is InChI=1S/C25H31N5/c1-7-24-26-12-21(13-27-24)20-8-9-23-22(11-20)25(16(2)3)28-30(23)15-19(6)29-14-17(4)10-18(29)5/h8-9,11-13,17-18H,2,6-7,10,14-15H2,1,3-5H3. The van der Waals surface area contributed by atoms with Crippen LogP contribution in [0.25, 0.3) is 27.6 Å². The average molecular weight is 402 g/mol. The number of aryl methyl sites for hydroxylation is 1. The average Bonchev–Trinajstić information content (AvgIpc) is 3.27. The third-order valence-electron chi connectivity index (χ3n) is 6.03. The first-order valence-electron chi connectivity index (χ1n) is 10.8. The Balaban J connectivity index is 1.69. The third kappa shape index (κ3) is 3.76. The van der Waals surface area contributed by atoms with Crippen LogP contribution in [0.15, 0.2) is 49.4 Å². The molecular weight excluding hydrogens is 370 g/mol. The zero-order chi connectivity index (χ0) is 21.4. The van der Waals surface area contributed by atoms with Gasteiger partial charge in [-0.2, -0.15) is 5.10 Å². The smallest absolute Gasteiger partial charge is 0.127 e. The van der Waals surface area contributed by atoms with Gasteiger partial charge in [0.15, 0.2) is 0 Å². The molecule has 2 atom stereocenters. The summed E-state index contributed by atoms with van der Waals surface area (Å²) in [5, 5.41) is 6.01. The van der Waals surface area contributed by atoms with Gasteiger partial charge in [0.25, 0.3) is 0 Å². The van der Waals surface area contributed by atoms with Crippen LogP contribution < -0.4 is 0 Å². The normalized spacial score (nSPS) is 18.9. The quantitative estimate of drug-likeness (QED) is 0.560. The number of benzene rings is 1. The topological polar surface area (TPSA) is 46.8 Å². The molecule has 3 heterocycles. The molecule has 5 nitrogen and oxygen atoms in total. The molecule has 0 aliphatic carbocycles. The molecule has 3 aromatic rings. The Labute approximate surface area is 179 Å². The van der Waals surface area contributed by atoms with Crippen molar-refractivity contribution in [2.45, 2.75) is 53.1 Å². The number of fused-ring (bicyclic) bond motifs is 1. The second kappa shape index (κ2) is 8.05. The van der Waals surface area contributed by atoms with E-state index in [1.54, 1.807) is 0 Å². The molecule has 2 unspecified atom stereocenters. The Bertz CT molecular complexity index is 1090. The molecule has 4 rings (SSSR count). The van der Waals surface area contributed by atoms with E-state index in [0.29, 0.717) is 18.5 Å². The largest absolute Gasteiger partial charge is 0.371 e. The first-order valence-corrected chi connectivity index (χ1v) is 10.8. The fraction of sp³-hybridized carbons (Fsp3) is 0.400. The van der Waals surface area contributed by atoms with E-state index in [0.717, 1.165) is 57.8 Å². The van der Waals surface area contributed by atoms with Gasteiger partial charge >= 0.3 is 0 Å². The van der Waals surface area contributed by atoms with Crippen LogP contribution in [0, 0.1) is 5.92 Å². The molecule has 1 saturated heterocycles. The fourth-order valence-corrected chi connectivity index (χ4v) is 4.49. The van der Waals surface area contributed by atoms with Gasteiger partial charge in [0.1, 0.15) is 5.82 Å². The lowest BCUT2D eigenvalue weighted by Gasteiger charge is -2.26. The number of aromatic nitrogens is 4. The van der Waals surface area contributed by atoms with Crippen LogP contribution in [-0.4, -0.2) is 37.2 Å². The van der Waals surface area contributed by atoms with Gasteiger partial charge in [0.05, 0.1) is 17.8 Å². The molecule has 0 radical (unpaired) electrons. The van der Waals surface area contributed by atoms with E-state index in [1.807, 2.05) is 19.3 Å². The van der Waals surface area contributed by atoms with E-state index in [2.05, 4.69) is 71.7 Å². The lowest BCUT2D eigenvalue weighted by Crippen LogP contribution is -2.28. The molecule has 1 aliphatic heterocycles. The molecule has 0 amide bonds. The van der Waals surface area contributed by atoms with Gasteiger partial charge in [-0.3, -0.25) is 4.68 Å². The molecule has 0 saturated carbocycles. The fourth-order valence-electron chi connectivity index (χ4n) is 4.49. The molecular formula is C25H31N5. The predicted octanol–water partition coefficient (Wildman–Crippen LogP) is 5.33. The van der Waals surface area contributed by atoms with Gasteiger partial charge < -0.3 is 4.90 Å². The Hall–Kier alpha value is -2.95. The van der Waals surface area contributed by atoms with Crippen LogP contribution in [0.1, 0.15) is 45.6 Å². The minimum atomic E-state index is 0.535. The van der Waals surface area contributed by atoms with Crippen molar-refractivity contribution in [1.82, 2.24) is 24.6 Å². The van der Waals surface area contributed by atoms with Crippen molar-refractivity contribution in [2.75, 3.05) is 6.54 Å². The van der Waals surface area contributed by atoms with Gasteiger partial charge in [0, 0.05) is 48.0 Å². The Morgan fingerprint density at radius 1 is 1.13 bits per heavy atom. The molecule has 0 spiro atoms. The summed E-state index contributed by atoms with van der Waals surface area (Å²) in [7, 11) is 0. The highest BCUT2D eigenvalue weighted by atomic mass is 15.3. The van der Waals surface area contributed by atoms with Gasteiger partial charge in [-0.15, -0.1) is 0 Å². The zero-order valence-corrected chi connectivity index (χ0v) is 18.5. The second-order valence-corrected chi connectivity index (χ2v) is 8.67. The number of allylic oxidation sites excluding steroid dienone is 2. The SMILES string of the molecule is C=C(C)c1nn(CC(=C)N2CC(C)CC2C)c2ccc(-c3cnc(CC)nc3)cc12. The van der Waals surface area contributed by atoms with E-state index in [-0.39, 0.29) is 0 Å². The van der Waals surface area contributed by atoms with Crippen molar-refractivity contribution in [3.63, 3.8) is 0 Å². The van der Waals surface area contributed by atoms with Crippen LogP contribution in [0.4, 0.5) is 0 Å². The lowest BCUT2D eigenvalue weighted by molar-refractivity contribution is 0.317. The molecule has 30 heavy (non-hydrogen) atoms. The summed E-state index contributed by atoms with van der Waals surface area (Å²) in [6.07, 6.45) is 5.85. The zero-order valence-electron chi connectivity index (χ0n) is 18.5. The molecule has 2 aromatic heterocycles. The molecule has 1 fully saturated rings. The van der Waals surface area contributed by atoms with Crippen molar-refractivity contribution < 1.29 is 0 Å². The van der Waals surface area contributed by atoms with E-state index < -0.39 is 0 Å². The van der Waals surface area contributed by atoms with Gasteiger partial charge in [-0.05, 0) is 49.5 Å². The molecule has 0 N–H and O–H groups in total. The van der Waals surface area contributed by atoms with Crippen LogP contribution in [0.2, 0.25) is 0 Å². The van der Waals surface area contributed by atoms with Crippen LogP contribution in [-0.2, 0) is 13.0 Å². The van der Waals surface area contributed by atoms with E-state index in [9.17, 15) is 0 Å². The number of likely N-dealkylation sites (tertiary alicyclic amines) is 1. The van der Waals surface area contributed by atoms with Crippen molar-refractivity contribution in [3.05, 3.63) is 61.0 Å². The van der Waals surface area contributed by atoms with Crippen molar-refractivity contribution in [2.24, 2.45) is 5.92 Å². The first-order chi connectivity index (χ1) is 14.4. The number of nitrogens with zero attached hydrogens (tertiary/aromatic N) is 5. The van der Waals surface area contributed by atoms with Crippen molar-refractivity contribution >= 4 is 16.5 Å². The predicted molar refractivity (Wildman–Crippen MR) is 124 cm³/mol. The summed E-state index contributed by atoms with van der Waals surface area (Å²) >= 11 is 0. The lowest BCUT2D eigenvalue weighted by atomic mass is 10.0. The summed E-state index contributed by atoms with van der Waals surface area (Å²) in [6, 6.07) is 6.97. The summed E-state index contributed by atoms with van der Waals surface area (Å²) in [5.74, 6) is 1.57. The van der Waals surface area contributed by atoms with Crippen molar-refractivity contribution in [1.29, 1.82) is 0 Å². The maximum atomic E-state index is 4.90. The molecule has 5 heteroatoms. The maximum absolute atomic E-state index is 4.90. The monoisotopic (exact) mass is 401 g/mol. The van der Waals surface area contributed by atoms with Gasteiger partial charge in [-0.1, -0.05) is 33.1 Å². The number of hydrogen-bond acceptors (Lipinski definition) is 4. The molecule has 1 aromatic carbocycles. The summed E-state index contributed by atoms with van der Waals surface area (Å²) in [6.45, 7) is 19.0. The third-order valence-corrected chi connectivity index (χ3v) is 6.03. The molecule has 1 aliphatic rings. The minimum absolute atomic E-state index is 0.535. The van der Waals surface area contributed by atoms with Crippen LogP contribution >= 0.6 is 0 Å². The van der Waals surface area contributed by atoms with Crippen molar-refractivity contribution in [3.8, 4) is 11.1 Å². The van der Waals surface area contributed by atoms with E-state index in [1.165, 1.54) is 6.42 Å². The second-order valence-electron chi connectivity index (χ2n) is 8.67. The Morgan fingerprint density at radius 3 is 2.47 bits per heavy atom. The van der Waals surface area contributed by atoms with Crippen LogP contribution in [0.3, 0.4) is 0 Å².